The number of carbonyl (C=O) groups is 1. The normalized spacial score (nSPS) is 41.3. The van der Waals surface area contributed by atoms with Crippen LogP contribution >= 0.6 is 0 Å². The first-order valence-electron chi connectivity index (χ1n) is 4.41. The second-order valence-electron chi connectivity index (χ2n) is 3.27. The van der Waals surface area contributed by atoms with Gasteiger partial charge in [0.15, 0.2) is 6.10 Å². The summed E-state index contributed by atoms with van der Waals surface area (Å²) in [6.45, 7) is -0.571. The van der Waals surface area contributed by atoms with E-state index in [1.54, 1.807) is 0 Å². The standard InChI is InChI=1S/C8H14O7/c1-14-8(13)7-6(12)5(11)4(10)3(2-9)15-7/h3-7,9-12H,2H2,1H3/t3-,4-,5+,6-,7-/m0/s1. The van der Waals surface area contributed by atoms with Gasteiger partial charge in [-0.05, 0) is 0 Å². The van der Waals surface area contributed by atoms with Gasteiger partial charge in [0, 0.05) is 0 Å². The maximum atomic E-state index is 11.1. The molecular formula is C8H14O7. The molecule has 0 unspecified atom stereocenters. The zero-order valence-corrected chi connectivity index (χ0v) is 8.11. The van der Waals surface area contributed by atoms with Crippen molar-refractivity contribution in [2.75, 3.05) is 13.7 Å². The molecule has 1 fully saturated rings. The van der Waals surface area contributed by atoms with E-state index in [0.29, 0.717) is 0 Å². The SMILES string of the molecule is COC(=O)[C@H]1O[C@@H](CO)[C@H](O)[C@@H](O)[C@@H]1O. The molecule has 4 N–H and O–H groups in total. The van der Waals surface area contributed by atoms with Crippen molar-refractivity contribution in [1.29, 1.82) is 0 Å². The van der Waals surface area contributed by atoms with Crippen molar-refractivity contribution in [1.82, 2.24) is 0 Å². The average molecular weight is 222 g/mol. The molecule has 7 nitrogen and oxygen atoms in total. The molecule has 7 heteroatoms. The van der Waals surface area contributed by atoms with Gasteiger partial charge in [-0.2, -0.15) is 0 Å². The summed E-state index contributed by atoms with van der Waals surface area (Å²) >= 11 is 0. The molecule has 88 valence electrons. The summed E-state index contributed by atoms with van der Waals surface area (Å²) in [7, 11) is 1.10. The first kappa shape index (κ1) is 12.3. The van der Waals surface area contributed by atoms with Gasteiger partial charge in [-0.25, -0.2) is 4.79 Å². The Morgan fingerprint density at radius 2 is 1.87 bits per heavy atom. The number of rotatable bonds is 2. The minimum absolute atomic E-state index is 0.571. The van der Waals surface area contributed by atoms with Crippen molar-refractivity contribution >= 4 is 5.97 Å². The van der Waals surface area contributed by atoms with Crippen molar-refractivity contribution in [3.05, 3.63) is 0 Å². The summed E-state index contributed by atoms with van der Waals surface area (Å²) in [5.41, 5.74) is 0. The topological polar surface area (TPSA) is 116 Å². The van der Waals surface area contributed by atoms with Gasteiger partial charge in [0.25, 0.3) is 0 Å². The summed E-state index contributed by atoms with van der Waals surface area (Å²) in [5, 5.41) is 36.9. The minimum Gasteiger partial charge on any atom is -0.467 e. The summed E-state index contributed by atoms with van der Waals surface area (Å²) < 4.78 is 9.24. The zero-order valence-electron chi connectivity index (χ0n) is 8.11. The third-order valence-electron chi connectivity index (χ3n) is 2.33. The second kappa shape index (κ2) is 4.86. The molecule has 0 aliphatic carbocycles. The lowest BCUT2D eigenvalue weighted by molar-refractivity contribution is -0.234. The molecule has 0 bridgehead atoms. The molecular weight excluding hydrogens is 208 g/mol. The fourth-order valence-electron chi connectivity index (χ4n) is 1.41. The predicted octanol–water partition coefficient (Wildman–Crippen LogP) is -3.00. The monoisotopic (exact) mass is 222 g/mol. The largest absolute Gasteiger partial charge is 0.467 e. The molecule has 0 radical (unpaired) electrons. The van der Waals surface area contributed by atoms with Gasteiger partial charge in [0.2, 0.25) is 0 Å². The van der Waals surface area contributed by atoms with Gasteiger partial charge >= 0.3 is 5.97 Å². The lowest BCUT2D eigenvalue weighted by Crippen LogP contribution is -2.60. The second-order valence-corrected chi connectivity index (χ2v) is 3.27. The van der Waals surface area contributed by atoms with Crippen molar-refractivity contribution in [3.8, 4) is 0 Å². The number of methoxy groups -OCH3 is 1. The van der Waals surface area contributed by atoms with Crippen LogP contribution in [0.4, 0.5) is 0 Å². The Hall–Kier alpha value is -0.730. The Morgan fingerprint density at radius 3 is 2.33 bits per heavy atom. The van der Waals surface area contributed by atoms with E-state index in [1.807, 2.05) is 0 Å². The average Bonchev–Trinajstić information content (AvgIpc) is 2.25. The van der Waals surface area contributed by atoms with Crippen LogP contribution in [0.2, 0.25) is 0 Å². The van der Waals surface area contributed by atoms with Crippen LogP contribution in [-0.4, -0.2) is 70.6 Å². The number of hydrogen-bond acceptors (Lipinski definition) is 7. The number of esters is 1. The molecule has 0 spiro atoms. The highest BCUT2D eigenvalue weighted by Crippen LogP contribution is 2.21. The Bertz CT molecular complexity index is 229. The maximum Gasteiger partial charge on any atom is 0.337 e. The van der Waals surface area contributed by atoms with Crippen LogP contribution in [0.3, 0.4) is 0 Å². The molecule has 5 atom stereocenters. The Kier molecular flexibility index (Phi) is 4.00. The van der Waals surface area contributed by atoms with Crippen molar-refractivity contribution in [2.45, 2.75) is 30.5 Å². The highest BCUT2D eigenvalue weighted by molar-refractivity contribution is 5.75. The first-order chi connectivity index (χ1) is 7.02. The van der Waals surface area contributed by atoms with E-state index in [4.69, 9.17) is 9.84 Å². The molecule has 1 aliphatic rings. The van der Waals surface area contributed by atoms with Crippen LogP contribution in [0.15, 0.2) is 0 Å². The molecule has 1 saturated heterocycles. The Labute approximate surface area is 85.9 Å². The van der Waals surface area contributed by atoms with Crippen LogP contribution < -0.4 is 0 Å². The number of carbonyl (C=O) groups excluding carboxylic acids is 1. The number of aliphatic hydroxyl groups excluding tert-OH is 4. The molecule has 0 aromatic heterocycles. The van der Waals surface area contributed by atoms with Gasteiger partial charge in [-0.1, -0.05) is 0 Å². The van der Waals surface area contributed by atoms with Crippen molar-refractivity contribution in [3.63, 3.8) is 0 Å². The maximum absolute atomic E-state index is 11.1. The molecule has 1 aliphatic heterocycles. The predicted molar refractivity (Wildman–Crippen MR) is 45.8 cm³/mol. The van der Waals surface area contributed by atoms with Gasteiger partial charge < -0.3 is 29.9 Å². The number of aliphatic hydroxyl groups is 4. The number of ether oxygens (including phenoxy) is 2. The lowest BCUT2D eigenvalue weighted by Gasteiger charge is -2.38. The summed E-state index contributed by atoms with van der Waals surface area (Å²) in [4.78, 5) is 11.1. The smallest absolute Gasteiger partial charge is 0.337 e. The Balaban J connectivity index is 2.78. The molecule has 15 heavy (non-hydrogen) atoms. The van der Waals surface area contributed by atoms with Crippen LogP contribution in [0.1, 0.15) is 0 Å². The Morgan fingerprint density at radius 1 is 1.27 bits per heavy atom. The fourth-order valence-corrected chi connectivity index (χ4v) is 1.41. The van der Waals surface area contributed by atoms with Crippen LogP contribution in [0, 0.1) is 0 Å². The molecule has 1 rings (SSSR count). The zero-order chi connectivity index (χ0) is 11.6. The van der Waals surface area contributed by atoms with E-state index >= 15 is 0 Å². The van der Waals surface area contributed by atoms with Crippen molar-refractivity contribution < 1.29 is 34.7 Å². The minimum atomic E-state index is -1.57. The quantitative estimate of drug-likeness (QED) is 0.368. The van der Waals surface area contributed by atoms with E-state index in [9.17, 15) is 20.1 Å². The summed E-state index contributed by atoms with van der Waals surface area (Å²) in [6.07, 6.45) is -7.08. The van der Waals surface area contributed by atoms with Crippen LogP contribution in [0.5, 0.6) is 0 Å². The van der Waals surface area contributed by atoms with E-state index in [0.717, 1.165) is 7.11 Å². The fraction of sp³-hybridized carbons (Fsp3) is 0.875. The van der Waals surface area contributed by atoms with Crippen molar-refractivity contribution in [2.24, 2.45) is 0 Å². The van der Waals surface area contributed by atoms with Gasteiger partial charge in [0.1, 0.15) is 24.4 Å². The summed E-state index contributed by atoms with van der Waals surface area (Å²) in [5.74, 6) is -0.869. The molecule has 0 aromatic carbocycles. The first-order valence-corrected chi connectivity index (χ1v) is 4.41. The van der Waals surface area contributed by atoms with E-state index in [2.05, 4.69) is 4.74 Å². The molecule has 1 heterocycles. The van der Waals surface area contributed by atoms with Gasteiger partial charge in [0.05, 0.1) is 13.7 Å². The van der Waals surface area contributed by atoms with Crippen LogP contribution in [-0.2, 0) is 14.3 Å². The third-order valence-corrected chi connectivity index (χ3v) is 2.33. The van der Waals surface area contributed by atoms with E-state index < -0.39 is 43.1 Å². The van der Waals surface area contributed by atoms with E-state index in [1.165, 1.54) is 0 Å². The molecule has 0 saturated carbocycles. The molecule has 0 aromatic rings. The lowest BCUT2D eigenvalue weighted by atomic mass is 9.95. The molecule has 0 amide bonds. The van der Waals surface area contributed by atoms with E-state index in [-0.39, 0.29) is 0 Å². The van der Waals surface area contributed by atoms with Crippen LogP contribution in [0.25, 0.3) is 0 Å². The highest BCUT2D eigenvalue weighted by atomic mass is 16.6. The van der Waals surface area contributed by atoms with Gasteiger partial charge in [-0.15, -0.1) is 0 Å². The number of hydrogen-bond donors (Lipinski definition) is 4. The van der Waals surface area contributed by atoms with Gasteiger partial charge in [-0.3, -0.25) is 0 Å². The summed E-state index contributed by atoms with van der Waals surface area (Å²) in [6, 6.07) is 0. The highest BCUT2D eigenvalue weighted by Gasteiger charge is 2.46. The third kappa shape index (κ3) is 2.27.